The standard InChI is InChI=1S/C17H16BrN5O2/c1-22(2)10-23-14-6-5-12(18)8-13(14)15(17(23)25)20-21-16(24)11-4-3-7-19-9-11/h3-9,25H,10H2,1-2H3. The van der Waals surface area contributed by atoms with Gasteiger partial charge in [-0.25, -0.2) is 0 Å². The molecule has 0 saturated carbocycles. The lowest BCUT2D eigenvalue weighted by Gasteiger charge is -2.13. The summed E-state index contributed by atoms with van der Waals surface area (Å²) in [5.41, 5.74) is 1.40. The molecule has 0 bridgehead atoms. The van der Waals surface area contributed by atoms with Crippen LogP contribution in [0.1, 0.15) is 10.4 Å². The van der Waals surface area contributed by atoms with E-state index in [9.17, 15) is 9.90 Å². The molecule has 0 unspecified atom stereocenters. The van der Waals surface area contributed by atoms with Gasteiger partial charge in [0.2, 0.25) is 5.88 Å². The Balaban J connectivity index is 2.06. The van der Waals surface area contributed by atoms with E-state index >= 15 is 0 Å². The first-order valence-electron chi connectivity index (χ1n) is 7.49. The Morgan fingerprint density at radius 3 is 2.84 bits per heavy atom. The lowest BCUT2D eigenvalue weighted by atomic mass is 10.2. The maximum atomic E-state index is 12.1. The zero-order valence-electron chi connectivity index (χ0n) is 13.7. The van der Waals surface area contributed by atoms with Crippen molar-refractivity contribution in [2.75, 3.05) is 14.1 Å². The smallest absolute Gasteiger partial charge is 0.296 e. The Labute approximate surface area is 152 Å². The number of fused-ring (bicyclic) bond motifs is 1. The minimum Gasteiger partial charge on any atom is -0.493 e. The van der Waals surface area contributed by atoms with Crippen LogP contribution in [0.2, 0.25) is 0 Å². The molecule has 8 heteroatoms. The van der Waals surface area contributed by atoms with Crippen LogP contribution >= 0.6 is 15.9 Å². The van der Waals surface area contributed by atoms with Crippen LogP contribution in [0.3, 0.4) is 0 Å². The number of azo groups is 1. The molecule has 2 heterocycles. The molecule has 1 N–H and O–H groups in total. The van der Waals surface area contributed by atoms with Gasteiger partial charge in [-0.05, 0) is 44.4 Å². The summed E-state index contributed by atoms with van der Waals surface area (Å²) in [4.78, 5) is 17.9. The molecule has 0 atom stereocenters. The number of hydrogen-bond acceptors (Lipinski definition) is 5. The first-order chi connectivity index (χ1) is 12.0. The summed E-state index contributed by atoms with van der Waals surface area (Å²) in [5, 5.41) is 19.0. The third kappa shape index (κ3) is 3.59. The second-order valence-corrected chi connectivity index (χ2v) is 6.65. The Morgan fingerprint density at radius 2 is 2.16 bits per heavy atom. The maximum Gasteiger partial charge on any atom is 0.296 e. The molecule has 0 aliphatic carbocycles. The molecule has 3 rings (SSSR count). The monoisotopic (exact) mass is 401 g/mol. The molecule has 0 radical (unpaired) electrons. The van der Waals surface area contributed by atoms with Gasteiger partial charge in [-0.2, -0.15) is 0 Å². The van der Waals surface area contributed by atoms with Crippen LogP contribution in [-0.4, -0.2) is 39.6 Å². The summed E-state index contributed by atoms with van der Waals surface area (Å²) < 4.78 is 2.56. The highest BCUT2D eigenvalue weighted by Crippen LogP contribution is 2.40. The fourth-order valence-corrected chi connectivity index (χ4v) is 2.82. The molecule has 7 nitrogen and oxygen atoms in total. The predicted molar refractivity (Wildman–Crippen MR) is 98.1 cm³/mol. The quantitative estimate of drug-likeness (QED) is 0.670. The summed E-state index contributed by atoms with van der Waals surface area (Å²) >= 11 is 3.42. The third-order valence-corrected chi connectivity index (χ3v) is 4.04. The number of carbonyl (C=O) groups is 1. The molecule has 1 amide bonds. The van der Waals surface area contributed by atoms with Crippen LogP contribution < -0.4 is 0 Å². The van der Waals surface area contributed by atoms with Crippen LogP contribution in [0.15, 0.2) is 57.4 Å². The Morgan fingerprint density at radius 1 is 1.36 bits per heavy atom. The predicted octanol–water partition coefficient (Wildman–Crippen LogP) is 3.95. The number of nitrogens with zero attached hydrogens (tertiary/aromatic N) is 5. The molecule has 0 spiro atoms. The largest absolute Gasteiger partial charge is 0.493 e. The van der Waals surface area contributed by atoms with Gasteiger partial charge in [0, 0.05) is 22.3 Å². The zero-order chi connectivity index (χ0) is 18.0. The van der Waals surface area contributed by atoms with E-state index in [-0.39, 0.29) is 11.6 Å². The van der Waals surface area contributed by atoms with Crippen LogP contribution in [0.25, 0.3) is 10.9 Å². The molecule has 0 fully saturated rings. The second kappa shape index (κ2) is 7.12. The van der Waals surface area contributed by atoms with E-state index in [2.05, 4.69) is 31.1 Å². The number of carbonyl (C=O) groups excluding carboxylic acids is 1. The lowest BCUT2D eigenvalue weighted by Crippen LogP contribution is -2.16. The molecule has 0 saturated heterocycles. The molecule has 2 aromatic heterocycles. The molecule has 0 aliphatic heterocycles. The number of aromatic nitrogens is 2. The maximum absolute atomic E-state index is 12.1. The van der Waals surface area contributed by atoms with Crippen LogP contribution in [0.5, 0.6) is 5.88 Å². The van der Waals surface area contributed by atoms with Crippen molar-refractivity contribution < 1.29 is 9.90 Å². The number of rotatable bonds is 4. The van der Waals surface area contributed by atoms with Gasteiger partial charge in [-0.1, -0.05) is 15.9 Å². The van der Waals surface area contributed by atoms with E-state index < -0.39 is 5.91 Å². The van der Waals surface area contributed by atoms with E-state index in [4.69, 9.17) is 0 Å². The minimum absolute atomic E-state index is 0.0375. The molecule has 3 aromatic rings. The van der Waals surface area contributed by atoms with Crippen molar-refractivity contribution in [3.8, 4) is 5.88 Å². The SMILES string of the molecule is CN(C)Cn1c(O)c(N=NC(=O)c2cccnc2)c2cc(Br)ccc21. The molecule has 128 valence electrons. The van der Waals surface area contributed by atoms with Gasteiger partial charge in [0.25, 0.3) is 5.91 Å². The van der Waals surface area contributed by atoms with Gasteiger partial charge in [0.1, 0.15) is 0 Å². The van der Waals surface area contributed by atoms with Gasteiger partial charge < -0.3 is 5.11 Å². The molecule has 0 aliphatic rings. The summed E-state index contributed by atoms with van der Waals surface area (Å²) in [6.07, 6.45) is 3.00. The highest BCUT2D eigenvalue weighted by molar-refractivity contribution is 9.10. The van der Waals surface area contributed by atoms with Crippen molar-refractivity contribution in [1.29, 1.82) is 0 Å². The van der Waals surface area contributed by atoms with Crippen LogP contribution in [-0.2, 0) is 6.67 Å². The van der Waals surface area contributed by atoms with E-state index in [1.54, 1.807) is 22.9 Å². The zero-order valence-corrected chi connectivity index (χ0v) is 15.3. The van der Waals surface area contributed by atoms with Crippen molar-refractivity contribution in [1.82, 2.24) is 14.5 Å². The second-order valence-electron chi connectivity index (χ2n) is 5.73. The fraction of sp³-hybridized carbons (Fsp3) is 0.176. The highest BCUT2D eigenvalue weighted by atomic mass is 79.9. The summed E-state index contributed by atoms with van der Waals surface area (Å²) in [6, 6.07) is 8.87. The van der Waals surface area contributed by atoms with E-state index in [0.717, 1.165) is 9.99 Å². The first-order valence-corrected chi connectivity index (χ1v) is 8.28. The number of hydrogen-bond donors (Lipinski definition) is 1. The van der Waals surface area contributed by atoms with E-state index in [1.165, 1.54) is 6.20 Å². The summed E-state index contributed by atoms with van der Waals surface area (Å²) in [5.74, 6) is -0.555. The van der Waals surface area contributed by atoms with Crippen molar-refractivity contribution in [3.05, 3.63) is 52.8 Å². The van der Waals surface area contributed by atoms with Gasteiger partial charge in [0.05, 0.1) is 17.7 Å². The molecule has 25 heavy (non-hydrogen) atoms. The molecular formula is C17H16BrN5O2. The van der Waals surface area contributed by atoms with Crippen molar-refractivity contribution in [3.63, 3.8) is 0 Å². The van der Waals surface area contributed by atoms with Gasteiger partial charge in [-0.15, -0.1) is 10.2 Å². The first kappa shape index (κ1) is 17.2. The van der Waals surface area contributed by atoms with Crippen molar-refractivity contribution >= 4 is 38.4 Å². The number of halogens is 1. The topological polar surface area (TPSA) is 83.1 Å². The number of pyridine rings is 1. The number of benzene rings is 1. The van der Waals surface area contributed by atoms with E-state index in [0.29, 0.717) is 17.6 Å². The fourth-order valence-electron chi connectivity index (χ4n) is 2.46. The van der Waals surface area contributed by atoms with Gasteiger partial charge in [0.15, 0.2) is 5.69 Å². The van der Waals surface area contributed by atoms with E-state index in [1.807, 2.05) is 37.2 Å². The number of amides is 1. The average molecular weight is 402 g/mol. The normalized spacial score (nSPS) is 11.7. The van der Waals surface area contributed by atoms with Crippen molar-refractivity contribution in [2.45, 2.75) is 6.67 Å². The average Bonchev–Trinajstić information content (AvgIpc) is 2.84. The van der Waals surface area contributed by atoms with Crippen molar-refractivity contribution in [2.24, 2.45) is 10.2 Å². The number of aromatic hydroxyl groups is 1. The lowest BCUT2D eigenvalue weighted by molar-refractivity contribution is 0.0994. The Bertz CT molecular complexity index is 951. The van der Waals surface area contributed by atoms with Crippen LogP contribution in [0, 0.1) is 0 Å². The molecular weight excluding hydrogens is 386 g/mol. The van der Waals surface area contributed by atoms with Crippen LogP contribution in [0.4, 0.5) is 5.69 Å². The highest BCUT2D eigenvalue weighted by Gasteiger charge is 2.18. The Hall–Kier alpha value is -2.58. The minimum atomic E-state index is -0.518. The van der Waals surface area contributed by atoms with Gasteiger partial charge >= 0.3 is 0 Å². The molecule has 1 aromatic carbocycles. The van der Waals surface area contributed by atoms with Gasteiger partial charge in [-0.3, -0.25) is 19.2 Å². The summed E-state index contributed by atoms with van der Waals surface area (Å²) in [6.45, 7) is 0.468. The third-order valence-electron chi connectivity index (χ3n) is 3.55. The summed E-state index contributed by atoms with van der Waals surface area (Å²) in [7, 11) is 3.80. The Kier molecular flexibility index (Phi) is 4.91.